The summed E-state index contributed by atoms with van der Waals surface area (Å²) in [6, 6.07) is 85.4. The number of anilines is 3. The third kappa shape index (κ3) is 4.61. The summed E-state index contributed by atoms with van der Waals surface area (Å²) < 4.78 is 8.93. The van der Waals surface area contributed by atoms with Gasteiger partial charge in [0.15, 0.2) is 0 Å². The fraction of sp³-hybridized carbons (Fsp3) is 0.0159. The molecular weight excluding hydrogens is 801 g/mol. The van der Waals surface area contributed by atoms with Gasteiger partial charge in [-0.25, -0.2) is 0 Å². The molecule has 0 radical (unpaired) electrons. The SMILES string of the molecule is c1ccc2c(c1)-c1ccc(N(c3ccc4c5ccccc5n(-c5cccc6oc7ccccc7c56)c4c3)c3cccc4ccccc34)cc1C21c2ccccc2-c2cccc3cccc1c23. The topological polar surface area (TPSA) is 21.3 Å². The molecule has 2 aromatic heterocycles. The molecule has 3 heteroatoms. The zero-order chi connectivity index (χ0) is 43.1. The summed E-state index contributed by atoms with van der Waals surface area (Å²) in [5.41, 5.74) is 18.3. The van der Waals surface area contributed by atoms with Crippen LogP contribution in [0.15, 0.2) is 235 Å². The molecule has 2 aliphatic carbocycles. The Hall–Kier alpha value is -8.66. The highest BCUT2D eigenvalue weighted by Gasteiger charge is 2.50. The van der Waals surface area contributed by atoms with Crippen molar-refractivity contribution >= 4 is 82.4 Å². The van der Waals surface area contributed by atoms with Gasteiger partial charge in [-0.1, -0.05) is 176 Å². The summed E-state index contributed by atoms with van der Waals surface area (Å²) in [7, 11) is 0. The van der Waals surface area contributed by atoms with Crippen LogP contribution in [-0.2, 0) is 5.41 Å². The van der Waals surface area contributed by atoms with Crippen molar-refractivity contribution in [1.82, 2.24) is 4.57 Å². The monoisotopic (exact) mass is 838 g/mol. The molecule has 0 bridgehead atoms. The van der Waals surface area contributed by atoms with Crippen molar-refractivity contribution in [2.45, 2.75) is 5.41 Å². The Morgan fingerprint density at radius 2 is 0.924 bits per heavy atom. The lowest BCUT2D eigenvalue weighted by molar-refractivity contribution is 0.669. The molecule has 0 saturated carbocycles. The van der Waals surface area contributed by atoms with Crippen LogP contribution in [-0.4, -0.2) is 4.57 Å². The van der Waals surface area contributed by atoms with E-state index in [0.29, 0.717) is 0 Å². The summed E-state index contributed by atoms with van der Waals surface area (Å²) in [6.45, 7) is 0. The lowest BCUT2D eigenvalue weighted by atomic mass is 9.61. The number of para-hydroxylation sites is 2. The first-order chi connectivity index (χ1) is 32.8. The number of furan rings is 1. The molecule has 1 unspecified atom stereocenters. The van der Waals surface area contributed by atoms with Crippen molar-refractivity contribution in [1.29, 1.82) is 0 Å². The molecule has 11 aromatic carbocycles. The minimum atomic E-state index is -0.542. The van der Waals surface area contributed by atoms with Crippen LogP contribution in [0.3, 0.4) is 0 Å². The summed E-state index contributed by atoms with van der Waals surface area (Å²) in [4.78, 5) is 2.50. The molecule has 0 amide bonds. The molecule has 13 aromatic rings. The second kappa shape index (κ2) is 13.2. The number of rotatable bonds is 4. The Morgan fingerprint density at radius 3 is 1.80 bits per heavy atom. The smallest absolute Gasteiger partial charge is 0.137 e. The Labute approximate surface area is 380 Å². The van der Waals surface area contributed by atoms with Crippen molar-refractivity contribution in [3.63, 3.8) is 0 Å². The summed E-state index contributed by atoms with van der Waals surface area (Å²) in [5.74, 6) is 0. The van der Waals surface area contributed by atoms with E-state index in [1.807, 2.05) is 6.07 Å². The molecule has 1 atom stereocenters. The first-order valence-electron chi connectivity index (χ1n) is 22.8. The first-order valence-corrected chi connectivity index (χ1v) is 22.8. The van der Waals surface area contributed by atoms with Crippen LogP contribution in [0, 0.1) is 0 Å². The Bertz CT molecular complexity index is 4200. The summed E-state index contributed by atoms with van der Waals surface area (Å²) in [5, 5.41) is 9.61. The zero-order valence-corrected chi connectivity index (χ0v) is 35.7. The Kier molecular flexibility index (Phi) is 7.15. The Morgan fingerprint density at radius 1 is 0.348 bits per heavy atom. The fourth-order valence-corrected chi connectivity index (χ4v) is 12.2. The van der Waals surface area contributed by atoms with E-state index in [1.165, 1.54) is 76.8 Å². The lowest BCUT2D eigenvalue weighted by Gasteiger charge is -2.40. The van der Waals surface area contributed by atoms with Gasteiger partial charge in [-0.2, -0.15) is 0 Å². The number of hydrogen-bond acceptors (Lipinski definition) is 2. The van der Waals surface area contributed by atoms with Crippen LogP contribution >= 0.6 is 0 Å². The fourth-order valence-electron chi connectivity index (χ4n) is 12.2. The van der Waals surface area contributed by atoms with Crippen molar-refractivity contribution in [2.75, 3.05) is 4.90 Å². The predicted molar refractivity (Wildman–Crippen MR) is 274 cm³/mol. The maximum Gasteiger partial charge on any atom is 0.137 e. The van der Waals surface area contributed by atoms with Crippen LogP contribution < -0.4 is 4.90 Å². The quantitative estimate of drug-likeness (QED) is 0.176. The number of benzene rings is 11. The van der Waals surface area contributed by atoms with Crippen molar-refractivity contribution < 1.29 is 4.42 Å². The first kappa shape index (κ1) is 35.8. The maximum absolute atomic E-state index is 6.48. The molecule has 15 rings (SSSR count). The number of aromatic nitrogens is 1. The number of nitrogens with zero attached hydrogens (tertiary/aromatic N) is 2. The second-order valence-electron chi connectivity index (χ2n) is 17.9. The molecule has 2 heterocycles. The number of fused-ring (bicyclic) bond motifs is 16. The molecule has 1 spiro atoms. The van der Waals surface area contributed by atoms with E-state index in [0.717, 1.165) is 55.7 Å². The summed E-state index contributed by atoms with van der Waals surface area (Å²) >= 11 is 0. The lowest BCUT2D eigenvalue weighted by Crippen LogP contribution is -2.32. The van der Waals surface area contributed by atoms with Gasteiger partial charge in [-0.15, -0.1) is 0 Å². The average molecular weight is 839 g/mol. The van der Waals surface area contributed by atoms with Crippen LogP contribution in [0.25, 0.3) is 93.2 Å². The minimum absolute atomic E-state index is 0.542. The second-order valence-corrected chi connectivity index (χ2v) is 17.9. The van der Waals surface area contributed by atoms with E-state index < -0.39 is 5.41 Å². The van der Waals surface area contributed by atoms with Gasteiger partial charge in [0.1, 0.15) is 11.2 Å². The largest absolute Gasteiger partial charge is 0.456 e. The van der Waals surface area contributed by atoms with Gasteiger partial charge in [0.25, 0.3) is 0 Å². The highest BCUT2D eigenvalue weighted by molar-refractivity contribution is 6.15. The van der Waals surface area contributed by atoms with E-state index in [4.69, 9.17) is 4.42 Å². The molecule has 66 heavy (non-hydrogen) atoms. The van der Waals surface area contributed by atoms with E-state index in [9.17, 15) is 0 Å². The molecule has 306 valence electrons. The van der Waals surface area contributed by atoms with Crippen LogP contribution in [0.4, 0.5) is 17.1 Å². The maximum atomic E-state index is 6.48. The Balaban J connectivity index is 1.04. The van der Waals surface area contributed by atoms with Gasteiger partial charge in [0.2, 0.25) is 0 Å². The van der Waals surface area contributed by atoms with E-state index in [1.54, 1.807) is 0 Å². The van der Waals surface area contributed by atoms with Crippen LogP contribution in [0.1, 0.15) is 22.3 Å². The van der Waals surface area contributed by atoms with E-state index in [2.05, 4.69) is 234 Å². The molecule has 2 aliphatic rings. The van der Waals surface area contributed by atoms with E-state index in [-0.39, 0.29) is 0 Å². The van der Waals surface area contributed by atoms with Gasteiger partial charge in [0.05, 0.1) is 33.2 Å². The predicted octanol–water partition coefficient (Wildman–Crippen LogP) is 16.8. The van der Waals surface area contributed by atoms with Crippen molar-refractivity contribution in [2.24, 2.45) is 0 Å². The van der Waals surface area contributed by atoms with Gasteiger partial charge in [-0.3, -0.25) is 0 Å². The summed E-state index contributed by atoms with van der Waals surface area (Å²) in [6.07, 6.45) is 0. The van der Waals surface area contributed by atoms with Gasteiger partial charge in [0, 0.05) is 32.9 Å². The van der Waals surface area contributed by atoms with Gasteiger partial charge in [-0.05, 0) is 115 Å². The normalized spacial score (nSPS) is 14.7. The molecular formula is C63H38N2O. The highest BCUT2D eigenvalue weighted by Crippen LogP contribution is 2.62. The van der Waals surface area contributed by atoms with Crippen molar-refractivity contribution in [3.05, 3.63) is 253 Å². The minimum Gasteiger partial charge on any atom is -0.456 e. The van der Waals surface area contributed by atoms with Crippen LogP contribution in [0.5, 0.6) is 0 Å². The van der Waals surface area contributed by atoms with E-state index >= 15 is 0 Å². The molecule has 0 aliphatic heterocycles. The third-order valence-electron chi connectivity index (χ3n) is 14.8. The number of hydrogen-bond donors (Lipinski definition) is 0. The third-order valence-corrected chi connectivity index (χ3v) is 14.8. The zero-order valence-electron chi connectivity index (χ0n) is 35.7. The molecule has 0 fully saturated rings. The van der Waals surface area contributed by atoms with Gasteiger partial charge < -0.3 is 13.9 Å². The molecule has 0 saturated heterocycles. The van der Waals surface area contributed by atoms with Gasteiger partial charge >= 0.3 is 0 Å². The molecule has 3 nitrogen and oxygen atoms in total. The standard InChI is InChI=1S/C63H38N2O/c1-2-19-43-39(15-1)16-13-29-55(43)64(42-34-36-48-47-22-5-9-28-56(47)65(58(48)38-42)57-30-14-32-60-62(57)50-23-6-10-31-59(50)66-60)41-33-35-46-44-20-3-7-25-51(44)63(54(46)37-41)52-26-8-4-21-45(52)49-24-11-17-40-18-12-27-53(63)61(40)49/h1-38H. The average Bonchev–Trinajstić information content (AvgIpc) is 4.02. The highest BCUT2D eigenvalue weighted by atomic mass is 16.3. The van der Waals surface area contributed by atoms with Crippen LogP contribution in [0.2, 0.25) is 0 Å². The molecule has 0 N–H and O–H groups in total. The van der Waals surface area contributed by atoms with Crippen molar-refractivity contribution in [3.8, 4) is 27.9 Å².